The summed E-state index contributed by atoms with van der Waals surface area (Å²) in [5, 5.41) is 60.1. The molecule has 0 amide bonds. The summed E-state index contributed by atoms with van der Waals surface area (Å²) in [5.74, 6) is -3.25. The second-order valence-corrected chi connectivity index (χ2v) is 9.22. The summed E-state index contributed by atoms with van der Waals surface area (Å²) in [5.41, 5.74) is 0.971. The Kier molecular flexibility index (Phi) is 9.02. The summed E-state index contributed by atoms with van der Waals surface area (Å²) >= 11 is 0. The SMILES string of the molecule is COC(=O)C1=CO[C@@H](O[C@@H]2O[C@H](CO)[C@@H](O)[C@H](O)[C@H]2O)[C@@H]2C(COC(=O)C=Cc3ccc(O)cc3)=C[C@H](O)[C@H]12. The zero-order valence-electron chi connectivity index (χ0n) is 20.8. The zero-order valence-corrected chi connectivity index (χ0v) is 20.8. The van der Waals surface area contributed by atoms with E-state index in [1.165, 1.54) is 30.4 Å². The predicted molar refractivity (Wildman–Crippen MR) is 129 cm³/mol. The molecular weight excluding hydrogens is 520 g/mol. The van der Waals surface area contributed by atoms with Gasteiger partial charge in [0.2, 0.25) is 6.29 Å². The third-order valence-electron chi connectivity index (χ3n) is 6.77. The highest BCUT2D eigenvalue weighted by Crippen LogP contribution is 2.45. The van der Waals surface area contributed by atoms with Crippen molar-refractivity contribution in [3.63, 3.8) is 0 Å². The summed E-state index contributed by atoms with van der Waals surface area (Å²) in [6.45, 7) is -0.990. The quantitative estimate of drug-likeness (QED) is 0.127. The maximum atomic E-state index is 12.4. The number of esters is 2. The first-order chi connectivity index (χ1) is 18.6. The van der Waals surface area contributed by atoms with Gasteiger partial charge >= 0.3 is 11.9 Å². The Morgan fingerprint density at radius 1 is 1.00 bits per heavy atom. The molecule has 1 aliphatic carbocycles. The topological polar surface area (TPSA) is 202 Å². The van der Waals surface area contributed by atoms with E-state index < -0.39 is 73.5 Å². The number of aliphatic hydroxyl groups excluding tert-OH is 5. The first-order valence-corrected chi connectivity index (χ1v) is 12.1. The second-order valence-electron chi connectivity index (χ2n) is 9.22. The Balaban J connectivity index is 1.51. The molecule has 4 rings (SSSR count). The third-order valence-corrected chi connectivity index (χ3v) is 6.77. The molecule has 9 atom stereocenters. The van der Waals surface area contributed by atoms with Gasteiger partial charge in [-0.1, -0.05) is 18.2 Å². The number of carbonyl (C=O) groups is 2. The molecule has 212 valence electrons. The number of carbonyl (C=O) groups excluding carboxylic acids is 2. The number of aromatic hydroxyl groups is 1. The van der Waals surface area contributed by atoms with Crippen LogP contribution in [0.25, 0.3) is 6.08 Å². The Labute approximate surface area is 222 Å². The van der Waals surface area contributed by atoms with Gasteiger partial charge < -0.3 is 54.3 Å². The summed E-state index contributed by atoms with van der Waals surface area (Å²) in [6.07, 6.45) is -5.25. The lowest BCUT2D eigenvalue weighted by molar-refractivity contribution is -0.340. The van der Waals surface area contributed by atoms with Crippen LogP contribution in [0.5, 0.6) is 5.75 Å². The van der Waals surface area contributed by atoms with E-state index in [1.807, 2.05) is 0 Å². The van der Waals surface area contributed by atoms with Gasteiger partial charge in [-0.2, -0.15) is 0 Å². The molecule has 1 aromatic rings. The van der Waals surface area contributed by atoms with Crippen molar-refractivity contribution in [2.24, 2.45) is 11.8 Å². The summed E-state index contributed by atoms with van der Waals surface area (Å²) in [7, 11) is 1.16. The van der Waals surface area contributed by atoms with Gasteiger partial charge in [-0.15, -0.1) is 0 Å². The smallest absolute Gasteiger partial charge is 0.337 e. The maximum Gasteiger partial charge on any atom is 0.337 e. The lowest BCUT2D eigenvalue weighted by Crippen LogP contribution is -2.60. The van der Waals surface area contributed by atoms with Gasteiger partial charge in [0, 0.05) is 12.0 Å². The zero-order chi connectivity index (χ0) is 28.3. The van der Waals surface area contributed by atoms with E-state index in [9.17, 15) is 40.2 Å². The van der Waals surface area contributed by atoms with Gasteiger partial charge in [0.05, 0.1) is 37.6 Å². The predicted octanol–water partition coefficient (Wildman–Crippen LogP) is -1.29. The van der Waals surface area contributed by atoms with Gasteiger partial charge in [-0.3, -0.25) is 0 Å². The van der Waals surface area contributed by atoms with Crippen molar-refractivity contribution in [1.29, 1.82) is 0 Å². The molecule has 1 fully saturated rings. The maximum absolute atomic E-state index is 12.4. The first-order valence-electron chi connectivity index (χ1n) is 12.1. The third kappa shape index (κ3) is 6.15. The summed E-state index contributed by atoms with van der Waals surface area (Å²) in [4.78, 5) is 24.7. The van der Waals surface area contributed by atoms with Crippen LogP contribution in [-0.4, -0.2) is 106 Å². The minimum absolute atomic E-state index is 0.00606. The molecule has 1 aromatic carbocycles. The molecule has 0 saturated carbocycles. The average molecular weight is 551 g/mol. The standard InChI is InChI=1S/C26H30O13/c1-35-24(34)15-11-37-25(39-26-23(33)22(32)21(31)17(9-27)38-26)19-13(8-16(29)20(15)19)10-36-18(30)7-4-12-2-5-14(28)6-3-12/h2-8,11,16-17,19-23,25-29,31-33H,9-10H2,1H3/t16-,17+,19+,20-,21+,22-,23+,25-,26-/m0/s1. The molecule has 6 N–H and O–H groups in total. The van der Waals surface area contributed by atoms with Crippen LogP contribution in [0.15, 0.2) is 53.8 Å². The van der Waals surface area contributed by atoms with Crippen LogP contribution < -0.4 is 0 Å². The monoisotopic (exact) mass is 550 g/mol. The largest absolute Gasteiger partial charge is 0.508 e. The van der Waals surface area contributed by atoms with Gasteiger partial charge in [0.1, 0.15) is 36.8 Å². The van der Waals surface area contributed by atoms with Crippen LogP contribution >= 0.6 is 0 Å². The van der Waals surface area contributed by atoms with Crippen molar-refractivity contribution in [3.05, 3.63) is 59.4 Å². The lowest BCUT2D eigenvalue weighted by Gasteiger charge is -2.43. The highest BCUT2D eigenvalue weighted by atomic mass is 16.8. The van der Waals surface area contributed by atoms with E-state index in [2.05, 4.69) is 0 Å². The minimum Gasteiger partial charge on any atom is -0.508 e. The van der Waals surface area contributed by atoms with Crippen molar-refractivity contribution < 1.29 is 63.9 Å². The molecule has 0 bridgehead atoms. The van der Waals surface area contributed by atoms with E-state index in [0.29, 0.717) is 11.1 Å². The number of rotatable bonds is 8. The molecule has 39 heavy (non-hydrogen) atoms. The number of phenolic OH excluding ortho intramolecular Hbond substituents is 1. The van der Waals surface area contributed by atoms with Crippen molar-refractivity contribution in [1.82, 2.24) is 0 Å². The number of ether oxygens (including phenoxy) is 5. The number of hydrogen-bond acceptors (Lipinski definition) is 13. The first kappa shape index (κ1) is 28.7. The number of fused-ring (bicyclic) bond motifs is 1. The Morgan fingerprint density at radius 2 is 1.72 bits per heavy atom. The Morgan fingerprint density at radius 3 is 2.38 bits per heavy atom. The Bertz CT molecular complexity index is 1130. The van der Waals surface area contributed by atoms with E-state index in [1.54, 1.807) is 12.1 Å². The molecule has 0 spiro atoms. The van der Waals surface area contributed by atoms with Crippen LogP contribution in [0.3, 0.4) is 0 Å². The van der Waals surface area contributed by atoms with Gasteiger partial charge in [-0.25, -0.2) is 9.59 Å². The van der Waals surface area contributed by atoms with Crippen LogP contribution in [-0.2, 0) is 33.3 Å². The van der Waals surface area contributed by atoms with Crippen molar-refractivity contribution in [2.45, 2.75) is 43.1 Å². The fourth-order valence-corrected chi connectivity index (χ4v) is 4.73. The normalized spacial score (nSPS) is 34.1. The fraction of sp³-hybridized carbons (Fsp3) is 0.462. The van der Waals surface area contributed by atoms with E-state index in [4.69, 9.17) is 23.7 Å². The van der Waals surface area contributed by atoms with Crippen LogP contribution in [0.1, 0.15) is 5.56 Å². The minimum atomic E-state index is -1.72. The average Bonchev–Trinajstić information content (AvgIpc) is 3.27. The van der Waals surface area contributed by atoms with E-state index in [-0.39, 0.29) is 17.9 Å². The molecule has 1 saturated heterocycles. The molecule has 0 aromatic heterocycles. The van der Waals surface area contributed by atoms with Crippen LogP contribution in [0, 0.1) is 11.8 Å². The fourth-order valence-electron chi connectivity index (χ4n) is 4.73. The van der Waals surface area contributed by atoms with E-state index in [0.717, 1.165) is 13.4 Å². The number of hydrogen-bond donors (Lipinski definition) is 6. The van der Waals surface area contributed by atoms with E-state index >= 15 is 0 Å². The lowest BCUT2D eigenvalue weighted by atomic mass is 9.82. The van der Waals surface area contributed by atoms with Gasteiger partial charge in [0.25, 0.3) is 0 Å². The molecule has 3 aliphatic rings. The van der Waals surface area contributed by atoms with Crippen LogP contribution in [0.4, 0.5) is 0 Å². The molecule has 2 heterocycles. The number of benzene rings is 1. The highest BCUT2D eigenvalue weighted by molar-refractivity contribution is 5.89. The number of methoxy groups -OCH3 is 1. The highest BCUT2D eigenvalue weighted by Gasteiger charge is 2.52. The summed E-state index contributed by atoms with van der Waals surface area (Å²) < 4.78 is 26.9. The van der Waals surface area contributed by atoms with Gasteiger partial charge in [0.15, 0.2) is 6.29 Å². The van der Waals surface area contributed by atoms with Gasteiger partial charge in [-0.05, 0) is 29.3 Å². The molecule has 13 heteroatoms. The Hall–Kier alpha value is -3.30. The van der Waals surface area contributed by atoms with Crippen molar-refractivity contribution in [3.8, 4) is 5.75 Å². The van der Waals surface area contributed by atoms with Crippen molar-refractivity contribution >= 4 is 18.0 Å². The second kappa shape index (κ2) is 12.3. The molecule has 0 radical (unpaired) electrons. The number of aliphatic hydroxyl groups is 5. The molecule has 0 unspecified atom stereocenters. The molecule has 13 nitrogen and oxygen atoms in total. The van der Waals surface area contributed by atoms with Crippen molar-refractivity contribution in [2.75, 3.05) is 20.3 Å². The molecular formula is C26H30O13. The summed E-state index contributed by atoms with van der Waals surface area (Å²) in [6, 6.07) is 6.11. The molecule has 2 aliphatic heterocycles. The number of phenols is 1. The van der Waals surface area contributed by atoms with Crippen LogP contribution in [0.2, 0.25) is 0 Å².